The number of carbonyl (C=O) groups is 1. The van der Waals surface area contributed by atoms with Crippen LogP contribution in [0, 0.1) is 13.8 Å². The van der Waals surface area contributed by atoms with Gasteiger partial charge in [-0.1, -0.05) is 29.8 Å². The van der Waals surface area contributed by atoms with Gasteiger partial charge < -0.3 is 21.1 Å². The second kappa shape index (κ2) is 10.8. The van der Waals surface area contributed by atoms with Gasteiger partial charge in [0.25, 0.3) is 5.91 Å². The van der Waals surface area contributed by atoms with Crippen molar-refractivity contribution in [2.45, 2.75) is 46.7 Å². The van der Waals surface area contributed by atoms with Crippen LogP contribution in [-0.2, 0) is 13.0 Å². The number of hydrogen-bond acceptors (Lipinski definition) is 6. The Morgan fingerprint density at radius 2 is 1.81 bits per heavy atom. The normalized spacial score (nSPS) is 14.4. The van der Waals surface area contributed by atoms with Crippen molar-refractivity contribution in [3.63, 3.8) is 0 Å². The van der Waals surface area contributed by atoms with Crippen LogP contribution in [-0.4, -0.2) is 58.3 Å². The molecular weight excluding hydrogens is 476 g/mol. The molecule has 1 fully saturated rings. The number of piperazine rings is 1. The highest BCUT2D eigenvalue weighted by molar-refractivity contribution is 6.33. The highest BCUT2D eigenvalue weighted by Crippen LogP contribution is 2.30. The molecule has 4 rings (SSSR count). The maximum atomic E-state index is 12.3. The highest BCUT2D eigenvalue weighted by Gasteiger charge is 2.22. The number of phenolic OH excluding ortho intramolecular Hbond substituents is 1. The van der Waals surface area contributed by atoms with E-state index in [4.69, 9.17) is 17.3 Å². The van der Waals surface area contributed by atoms with Crippen molar-refractivity contribution >= 4 is 29.0 Å². The van der Waals surface area contributed by atoms with Crippen molar-refractivity contribution < 1.29 is 9.90 Å². The summed E-state index contributed by atoms with van der Waals surface area (Å²) in [5.41, 5.74) is 11.3. The quantitative estimate of drug-likeness (QED) is 0.361. The van der Waals surface area contributed by atoms with Gasteiger partial charge in [0.1, 0.15) is 11.3 Å². The topological polar surface area (TPSA) is 111 Å². The van der Waals surface area contributed by atoms with Crippen LogP contribution in [0.3, 0.4) is 0 Å². The number of carbonyl (C=O) groups excluding carboxylic acids is 1. The summed E-state index contributed by atoms with van der Waals surface area (Å²) < 4.78 is 0. The summed E-state index contributed by atoms with van der Waals surface area (Å²) in [4.78, 5) is 17.1. The van der Waals surface area contributed by atoms with Crippen LogP contribution >= 0.6 is 11.6 Å². The summed E-state index contributed by atoms with van der Waals surface area (Å²) in [5, 5.41) is 21.2. The lowest BCUT2D eigenvalue weighted by atomic mass is 10.0. The van der Waals surface area contributed by atoms with Crippen LogP contribution in [0.4, 0.5) is 11.5 Å². The number of benzene rings is 2. The summed E-state index contributed by atoms with van der Waals surface area (Å²) in [5.74, 6) is 0.151. The van der Waals surface area contributed by atoms with Gasteiger partial charge in [-0.3, -0.25) is 14.8 Å². The first-order valence-corrected chi connectivity index (χ1v) is 12.7. The third kappa shape index (κ3) is 5.60. The van der Waals surface area contributed by atoms with Crippen molar-refractivity contribution in [2.24, 2.45) is 5.73 Å². The summed E-state index contributed by atoms with van der Waals surface area (Å²) in [6.07, 6.45) is 0.450. The molecule has 0 saturated carbocycles. The van der Waals surface area contributed by atoms with Gasteiger partial charge in [-0.05, 0) is 62.1 Å². The molecule has 0 radical (unpaired) electrons. The molecular formula is C27H35ClN6O2. The number of H-pyrrole nitrogens is 1. The molecule has 192 valence electrons. The minimum atomic E-state index is -0.551. The molecule has 3 aromatic rings. The molecule has 1 aromatic heterocycles. The lowest BCUT2D eigenvalue weighted by Gasteiger charge is -2.38. The third-order valence-corrected chi connectivity index (χ3v) is 7.18. The van der Waals surface area contributed by atoms with E-state index < -0.39 is 5.91 Å². The number of primary amides is 1. The minimum Gasteiger partial charge on any atom is -0.507 e. The van der Waals surface area contributed by atoms with E-state index in [9.17, 15) is 9.90 Å². The molecule has 1 amide bonds. The van der Waals surface area contributed by atoms with Crippen molar-refractivity contribution in [1.29, 1.82) is 0 Å². The van der Waals surface area contributed by atoms with E-state index in [0.29, 0.717) is 46.9 Å². The first kappa shape index (κ1) is 25.9. The number of aromatic hydroxyl groups is 1. The van der Waals surface area contributed by atoms with Gasteiger partial charge in [0.15, 0.2) is 5.82 Å². The molecule has 2 aromatic carbocycles. The number of rotatable bonds is 8. The van der Waals surface area contributed by atoms with Crippen molar-refractivity contribution in [3.8, 4) is 5.75 Å². The monoisotopic (exact) mass is 510 g/mol. The van der Waals surface area contributed by atoms with Crippen LogP contribution < -0.4 is 16.0 Å². The number of anilines is 2. The Balaban J connectivity index is 1.47. The van der Waals surface area contributed by atoms with Crippen molar-refractivity contribution in [1.82, 2.24) is 15.1 Å². The Morgan fingerprint density at radius 1 is 1.14 bits per heavy atom. The van der Waals surface area contributed by atoms with E-state index >= 15 is 0 Å². The second-order valence-corrected chi connectivity index (χ2v) is 10.2. The molecule has 0 atom stereocenters. The van der Waals surface area contributed by atoms with Crippen LogP contribution in [0.1, 0.15) is 52.2 Å². The number of phenols is 1. The van der Waals surface area contributed by atoms with Crippen LogP contribution in [0.5, 0.6) is 5.75 Å². The molecule has 0 spiro atoms. The summed E-state index contributed by atoms with van der Waals surface area (Å²) in [6, 6.07) is 10.4. The highest BCUT2D eigenvalue weighted by atomic mass is 35.5. The lowest BCUT2D eigenvalue weighted by molar-refractivity contribution is 0.100. The number of aromatic amines is 1. The molecule has 1 saturated heterocycles. The summed E-state index contributed by atoms with van der Waals surface area (Å²) in [6.45, 7) is 12.5. The smallest absolute Gasteiger partial charge is 0.254 e. The van der Waals surface area contributed by atoms with E-state index in [1.807, 2.05) is 38.1 Å². The molecule has 0 aliphatic carbocycles. The van der Waals surface area contributed by atoms with E-state index in [-0.39, 0.29) is 0 Å². The average Bonchev–Trinajstić information content (AvgIpc) is 3.24. The Morgan fingerprint density at radius 3 is 2.39 bits per heavy atom. The fourth-order valence-corrected chi connectivity index (χ4v) is 5.16. The number of nitrogens with two attached hydrogens (primary N) is 1. The Labute approximate surface area is 217 Å². The number of nitrogens with one attached hydrogen (secondary N) is 2. The number of aromatic nitrogens is 2. The Hall–Kier alpha value is -3.23. The maximum absolute atomic E-state index is 12.3. The van der Waals surface area contributed by atoms with Gasteiger partial charge in [0, 0.05) is 45.2 Å². The average molecular weight is 511 g/mol. The number of nitrogens with zero attached hydrogens (tertiary/aromatic N) is 3. The van der Waals surface area contributed by atoms with E-state index in [1.165, 1.54) is 0 Å². The lowest BCUT2D eigenvalue weighted by Crippen LogP contribution is -2.49. The number of amides is 1. The first-order valence-electron chi connectivity index (χ1n) is 12.3. The zero-order valence-electron chi connectivity index (χ0n) is 21.4. The zero-order valence-corrected chi connectivity index (χ0v) is 22.1. The van der Waals surface area contributed by atoms with Crippen molar-refractivity contribution in [2.75, 3.05) is 36.4 Å². The van der Waals surface area contributed by atoms with Gasteiger partial charge in [-0.25, -0.2) is 0 Å². The van der Waals surface area contributed by atoms with Crippen LogP contribution in [0.2, 0.25) is 5.02 Å². The molecule has 0 bridgehead atoms. The Kier molecular flexibility index (Phi) is 7.76. The van der Waals surface area contributed by atoms with Crippen LogP contribution in [0.15, 0.2) is 30.3 Å². The number of hydrogen-bond donors (Lipinski definition) is 4. The number of aryl methyl sites for hydroxylation is 2. The van der Waals surface area contributed by atoms with E-state index in [2.05, 4.69) is 45.2 Å². The molecule has 0 unspecified atom stereocenters. The van der Waals surface area contributed by atoms with E-state index in [1.54, 1.807) is 0 Å². The summed E-state index contributed by atoms with van der Waals surface area (Å²) in [7, 11) is 0. The molecule has 2 heterocycles. The van der Waals surface area contributed by atoms with Crippen LogP contribution in [0.25, 0.3) is 0 Å². The molecule has 8 nitrogen and oxygen atoms in total. The largest absolute Gasteiger partial charge is 0.507 e. The fourth-order valence-electron chi connectivity index (χ4n) is 4.83. The third-order valence-electron chi connectivity index (χ3n) is 6.88. The van der Waals surface area contributed by atoms with Gasteiger partial charge >= 0.3 is 0 Å². The van der Waals surface area contributed by atoms with Crippen molar-refractivity contribution in [3.05, 3.63) is 68.9 Å². The van der Waals surface area contributed by atoms with Gasteiger partial charge in [-0.15, -0.1) is 0 Å². The second-order valence-electron chi connectivity index (χ2n) is 9.80. The SMILES string of the molecule is Cc1cc(CNc2n[nH]c(Cc3ccc(N4CCN(C(C)C)CC4)c(Cl)c3)c2C(N)=O)cc(C)c1O. The first-order chi connectivity index (χ1) is 17.1. The number of halogens is 1. The predicted molar refractivity (Wildman–Crippen MR) is 145 cm³/mol. The molecule has 9 heteroatoms. The van der Waals surface area contributed by atoms with Gasteiger partial charge in [-0.2, -0.15) is 5.10 Å². The Bertz CT molecular complexity index is 1220. The van der Waals surface area contributed by atoms with Gasteiger partial charge in [0.2, 0.25) is 0 Å². The minimum absolute atomic E-state index is 0.293. The maximum Gasteiger partial charge on any atom is 0.254 e. The zero-order chi connectivity index (χ0) is 26.0. The molecule has 5 N–H and O–H groups in total. The van der Waals surface area contributed by atoms with E-state index in [0.717, 1.165) is 54.1 Å². The predicted octanol–water partition coefficient (Wildman–Crippen LogP) is 4.22. The fraction of sp³-hybridized carbons (Fsp3) is 0.407. The molecule has 1 aliphatic rings. The standard InChI is InChI=1S/C27H35ClN6O2/c1-16(2)33-7-9-34(10-8-33)23-6-5-19(13-21(23)28)14-22-24(26(29)36)27(32-31-22)30-15-20-11-17(3)25(35)18(4)12-20/h5-6,11-13,16,35H,7-10,14-15H2,1-4H3,(H2,29,36)(H2,30,31,32). The van der Waals surface area contributed by atoms with Gasteiger partial charge in [0.05, 0.1) is 16.4 Å². The summed E-state index contributed by atoms with van der Waals surface area (Å²) >= 11 is 6.69. The molecule has 36 heavy (non-hydrogen) atoms. The molecule has 1 aliphatic heterocycles.